The van der Waals surface area contributed by atoms with E-state index in [-0.39, 0.29) is 30.5 Å². The molecule has 0 amide bonds. The molecule has 3 rings (SSSR count). The number of nitrogens with one attached hydrogen (secondary N) is 1. The van der Waals surface area contributed by atoms with Gasteiger partial charge in [-0.1, -0.05) is 6.07 Å². The molecule has 0 saturated carbocycles. The van der Waals surface area contributed by atoms with Crippen LogP contribution in [0.5, 0.6) is 11.5 Å². The smallest absolute Gasteiger partial charge is 0.355 e. The van der Waals surface area contributed by atoms with Crippen LogP contribution < -0.4 is 14.2 Å². The minimum absolute atomic E-state index is 0.0872. The SMILES string of the molecule is CCOC(=O)c1c(C)c(S(=O)(=O)NCc2ccc3c(c2)OCO3)c(C)n1CC. The second kappa shape index (κ2) is 7.84. The molecule has 2 aromatic rings. The number of sulfonamides is 1. The standard InChI is InChI=1S/C19H24N2O6S/c1-5-21-13(4)18(12(3)17(21)19(22)25-6-2)28(23,24)20-10-14-7-8-15-16(9-14)27-11-26-15/h7-9,20H,5-6,10-11H2,1-4H3. The van der Waals surface area contributed by atoms with Gasteiger partial charge in [0.05, 0.1) is 6.61 Å². The number of aromatic nitrogens is 1. The van der Waals surface area contributed by atoms with Crippen LogP contribution >= 0.6 is 0 Å². The molecule has 1 aliphatic heterocycles. The van der Waals surface area contributed by atoms with Gasteiger partial charge in [0.2, 0.25) is 16.8 Å². The number of hydrogen-bond acceptors (Lipinski definition) is 6. The van der Waals surface area contributed by atoms with Crippen molar-refractivity contribution in [3.05, 3.63) is 40.7 Å². The van der Waals surface area contributed by atoms with Crippen LogP contribution in [0.1, 0.15) is 41.2 Å². The monoisotopic (exact) mass is 408 g/mol. The molecule has 9 heteroatoms. The van der Waals surface area contributed by atoms with Crippen molar-refractivity contribution in [2.45, 2.75) is 45.7 Å². The predicted molar refractivity (Wildman–Crippen MR) is 102 cm³/mol. The number of rotatable bonds is 7. The third kappa shape index (κ3) is 3.59. The fraction of sp³-hybridized carbons (Fsp3) is 0.421. The molecule has 0 aliphatic carbocycles. The van der Waals surface area contributed by atoms with Crippen molar-refractivity contribution in [3.63, 3.8) is 0 Å². The van der Waals surface area contributed by atoms with Crippen LogP contribution in [0.15, 0.2) is 23.1 Å². The fourth-order valence-corrected chi connectivity index (χ4v) is 4.93. The van der Waals surface area contributed by atoms with Gasteiger partial charge in [-0.3, -0.25) is 0 Å². The molecule has 0 fully saturated rings. The summed E-state index contributed by atoms with van der Waals surface area (Å²) in [6.45, 7) is 7.80. The van der Waals surface area contributed by atoms with Crippen molar-refractivity contribution >= 4 is 16.0 Å². The van der Waals surface area contributed by atoms with Crippen LogP contribution in [0.2, 0.25) is 0 Å². The van der Waals surface area contributed by atoms with Crippen molar-refractivity contribution in [2.75, 3.05) is 13.4 Å². The summed E-state index contributed by atoms with van der Waals surface area (Å²) < 4.78 is 46.0. The Bertz CT molecular complexity index is 1010. The lowest BCUT2D eigenvalue weighted by Crippen LogP contribution is -2.24. The Labute approximate surface area is 164 Å². The Morgan fingerprint density at radius 2 is 1.93 bits per heavy atom. The number of carbonyl (C=O) groups is 1. The summed E-state index contributed by atoms with van der Waals surface area (Å²) in [6, 6.07) is 5.26. The number of carbonyl (C=O) groups excluding carboxylic acids is 1. The zero-order valence-electron chi connectivity index (χ0n) is 16.4. The zero-order chi connectivity index (χ0) is 20.5. The minimum atomic E-state index is -3.84. The van der Waals surface area contributed by atoms with E-state index in [0.717, 1.165) is 5.56 Å². The van der Waals surface area contributed by atoms with Crippen molar-refractivity contribution in [3.8, 4) is 11.5 Å². The van der Waals surface area contributed by atoms with E-state index < -0.39 is 16.0 Å². The molecule has 1 N–H and O–H groups in total. The van der Waals surface area contributed by atoms with Crippen molar-refractivity contribution in [1.82, 2.24) is 9.29 Å². The first-order valence-corrected chi connectivity index (χ1v) is 10.5. The van der Waals surface area contributed by atoms with Crippen LogP contribution in [-0.2, 0) is 27.8 Å². The number of nitrogens with zero attached hydrogens (tertiary/aromatic N) is 1. The average molecular weight is 408 g/mol. The fourth-order valence-electron chi connectivity index (χ4n) is 3.43. The van der Waals surface area contributed by atoms with Crippen molar-refractivity contribution < 1.29 is 27.4 Å². The molecule has 28 heavy (non-hydrogen) atoms. The molecule has 152 valence electrons. The van der Waals surface area contributed by atoms with Gasteiger partial charge in [0.15, 0.2) is 11.5 Å². The first kappa shape index (κ1) is 20.2. The molecule has 2 heterocycles. The van der Waals surface area contributed by atoms with Gasteiger partial charge >= 0.3 is 5.97 Å². The van der Waals surface area contributed by atoms with E-state index in [1.54, 1.807) is 43.5 Å². The highest BCUT2D eigenvalue weighted by Gasteiger charge is 2.30. The van der Waals surface area contributed by atoms with Crippen LogP contribution in [0, 0.1) is 13.8 Å². The predicted octanol–water partition coefficient (Wildman–Crippen LogP) is 2.51. The van der Waals surface area contributed by atoms with E-state index in [0.29, 0.717) is 29.3 Å². The minimum Gasteiger partial charge on any atom is -0.461 e. The van der Waals surface area contributed by atoms with E-state index in [9.17, 15) is 13.2 Å². The van der Waals surface area contributed by atoms with Gasteiger partial charge in [-0.2, -0.15) is 0 Å². The first-order chi connectivity index (χ1) is 13.3. The van der Waals surface area contributed by atoms with Crippen LogP contribution in [-0.4, -0.2) is 32.4 Å². The first-order valence-electron chi connectivity index (χ1n) is 9.05. The second-order valence-electron chi connectivity index (χ2n) is 6.37. The normalized spacial score (nSPS) is 13.0. The number of fused-ring (bicyclic) bond motifs is 1. The molecular weight excluding hydrogens is 384 g/mol. The van der Waals surface area contributed by atoms with E-state index in [4.69, 9.17) is 14.2 Å². The zero-order valence-corrected chi connectivity index (χ0v) is 17.2. The third-order valence-corrected chi connectivity index (χ3v) is 6.32. The summed E-state index contributed by atoms with van der Waals surface area (Å²) in [6.07, 6.45) is 0. The van der Waals surface area contributed by atoms with Gasteiger partial charge in [0, 0.05) is 24.3 Å². The summed E-state index contributed by atoms with van der Waals surface area (Å²) in [5, 5.41) is 0. The van der Waals surface area contributed by atoms with Gasteiger partial charge in [0.25, 0.3) is 0 Å². The molecule has 1 aromatic heterocycles. The summed E-state index contributed by atoms with van der Waals surface area (Å²) in [5.41, 5.74) is 1.89. The van der Waals surface area contributed by atoms with Gasteiger partial charge in [0.1, 0.15) is 10.6 Å². The van der Waals surface area contributed by atoms with Crippen molar-refractivity contribution in [2.24, 2.45) is 0 Å². The molecule has 1 aromatic carbocycles. The molecule has 1 aliphatic rings. The maximum Gasteiger partial charge on any atom is 0.355 e. The topological polar surface area (TPSA) is 95.9 Å². The summed E-state index contributed by atoms with van der Waals surface area (Å²) in [7, 11) is -3.84. The van der Waals surface area contributed by atoms with Crippen LogP contribution in [0.3, 0.4) is 0 Å². The lowest BCUT2D eigenvalue weighted by Gasteiger charge is -2.09. The number of hydrogen-bond donors (Lipinski definition) is 1. The van der Waals surface area contributed by atoms with Gasteiger partial charge in [-0.05, 0) is 45.4 Å². The average Bonchev–Trinajstić information content (AvgIpc) is 3.21. The quantitative estimate of drug-likeness (QED) is 0.707. The Morgan fingerprint density at radius 3 is 2.61 bits per heavy atom. The third-order valence-electron chi connectivity index (χ3n) is 4.66. The Hall–Kier alpha value is -2.52. The van der Waals surface area contributed by atoms with Crippen molar-refractivity contribution in [1.29, 1.82) is 0 Å². The van der Waals surface area contributed by atoms with E-state index in [2.05, 4.69) is 4.72 Å². The lowest BCUT2D eigenvalue weighted by molar-refractivity contribution is 0.0512. The lowest BCUT2D eigenvalue weighted by atomic mass is 10.2. The Balaban J connectivity index is 1.90. The molecular formula is C19H24N2O6S. The van der Waals surface area contributed by atoms with Gasteiger partial charge in [-0.25, -0.2) is 17.9 Å². The molecule has 0 atom stereocenters. The Morgan fingerprint density at radius 1 is 1.21 bits per heavy atom. The van der Waals surface area contributed by atoms with Crippen LogP contribution in [0.25, 0.3) is 0 Å². The highest BCUT2D eigenvalue weighted by molar-refractivity contribution is 7.89. The largest absolute Gasteiger partial charge is 0.461 e. The second-order valence-corrected chi connectivity index (χ2v) is 8.07. The van der Waals surface area contributed by atoms with Crippen LogP contribution in [0.4, 0.5) is 0 Å². The molecule has 0 bridgehead atoms. The Kier molecular flexibility index (Phi) is 5.66. The van der Waals surface area contributed by atoms with E-state index >= 15 is 0 Å². The maximum atomic E-state index is 13.0. The van der Waals surface area contributed by atoms with E-state index in [1.807, 2.05) is 6.92 Å². The number of benzene rings is 1. The highest BCUT2D eigenvalue weighted by atomic mass is 32.2. The highest BCUT2D eigenvalue weighted by Crippen LogP contribution is 2.33. The van der Waals surface area contributed by atoms with E-state index in [1.165, 1.54) is 0 Å². The molecule has 8 nitrogen and oxygen atoms in total. The van der Waals surface area contributed by atoms with Gasteiger partial charge in [-0.15, -0.1) is 0 Å². The summed E-state index contributed by atoms with van der Waals surface area (Å²) in [5.74, 6) is 0.699. The molecule has 0 saturated heterocycles. The number of ether oxygens (including phenoxy) is 3. The summed E-state index contributed by atoms with van der Waals surface area (Å²) >= 11 is 0. The molecule has 0 radical (unpaired) electrons. The number of esters is 1. The molecule has 0 spiro atoms. The van der Waals surface area contributed by atoms with Gasteiger partial charge < -0.3 is 18.8 Å². The molecule has 0 unspecified atom stereocenters. The summed E-state index contributed by atoms with van der Waals surface area (Å²) in [4.78, 5) is 12.5. The maximum absolute atomic E-state index is 13.0.